The van der Waals surface area contributed by atoms with E-state index < -0.39 is 10.0 Å². The fraction of sp³-hybridized carbons (Fsp3) is 0.500. The highest BCUT2D eigenvalue weighted by atomic mass is 127. The quantitative estimate of drug-likeness (QED) is 0.721. The van der Waals surface area contributed by atoms with Crippen molar-refractivity contribution in [1.29, 1.82) is 0 Å². The van der Waals surface area contributed by atoms with Gasteiger partial charge in [0.25, 0.3) is 0 Å². The molecule has 7 heteroatoms. The van der Waals surface area contributed by atoms with Crippen LogP contribution in [0.5, 0.6) is 5.75 Å². The zero-order valence-corrected chi connectivity index (χ0v) is 14.0. The summed E-state index contributed by atoms with van der Waals surface area (Å²) in [5.41, 5.74) is 0. The smallest absolute Gasteiger partial charge is 0.243 e. The first-order valence-corrected chi connectivity index (χ1v) is 8.62. The lowest BCUT2D eigenvalue weighted by Crippen LogP contribution is -3.12. The molecule has 1 aliphatic rings. The lowest BCUT2D eigenvalue weighted by Gasteiger charge is -2.29. The fourth-order valence-corrected chi connectivity index (χ4v) is 4.48. The minimum absolute atomic E-state index is 0.345. The Bertz CT molecular complexity index is 554. The van der Waals surface area contributed by atoms with E-state index in [0.29, 0.717) is 23.7 Å². The van der Waals surface area contributed by atoms with Crippen molar-refractivity contribution in [3.63, 3.8) is 0 Å². The van der Waals surface area contributed by atoms with Crippen LogP contribution in [0.3, 0.4) is 0 Å². The number of methoxy groups -OCH3 is 1. The van der Waals surface area contributed by atoms with Gasteiger partial charge in [0.05, 0.1) is 48.8 Å². The van der Waals surface area contributed by atoms with Crippen LogP contribution in [0.2, 0.25) is 0 Å². The van der Waals surface area contributed by atoms with Crippen LogP contribution in [0.15, 0.2) is 23.1 Å². The highest BCUT2D eigenvalue weighted by Gasteiger charge is 2.29. The molecular formula is C12H18IN2O3S+. The Morgan fingerprint density at radius 2 is 1.95 bits per heavy atom. The molecule has 0 aromatic heterocycles. The third kappa shape index (κ3) is 3.21. The van der Waals surface area contributed by atoms with E-state index in [0.717, 1.165) is 16.7 Å². The highest BCUT2D eigenvalue weighted by molar-refractivity contribution is 14.1. The third-order valence-corrected chi connectivity index (χ3v) is 6.07. The van der Waals surface area contributed by atoms with Gasteiger partial charge in [0.15, 0.2) is 0 Å². The molecule has 0 unspecified atom stereocenters. The SMILES string of the molecule is COc1ccc(S(=O)(=O)N2CC[NH+](C)CC2)cc1I. The molecule has 0 aliphatic carbocycles. The molecule has 5 nitrogen and oxygen atoms in total. The van der Waals surface area contributed by atoms with Crippen molar-refractivity contribution < 1.29 is 18.1 Å². The van der Waals surface area contributed by atoms with Crippen molar-refractivity contribution in [3.05, 3.63) is 21.8 Å². The summed E-state index contributed by atoms with van der Waals surface area (Å²) in [6, 6.07) is 4.98. The van der Waals surface area contributed by atoms with E-state index in [-0.39, 0.29) is 0 Å². The predicted octanol–water partition coefficient (Wildman–Crippen LogP) is -0.181. The summed E-state index contributed by atoms with van der Waals surface area (Å²) < 4.78 is 32.6. The third-order valence-electron chi connectivity index (χ3n) is 3.34. The largest absolute Gasteiger partial charge is 0.496 e. The molecule has 0 atom stereocenters. The second-order valence-electron chi connectivity index (χ2n) is 4.66. The number of likely N-dealkylation sites (N-methyl/N-ethyl adjacent to an activating group) is 1. The number of piperazine rings is 1. The van der Waals surface area contributed by atoms with Crippen molar-refractivity contribution in [2.45, 2.75) is 4.90 Å². The van der Waals surface area contributed by atoms with Crippen molar-refractivity contribution in [2.75, 3.05) is 40.3 Å². The minimum Gasteiger partial charge on any atom is -0.496 e. The molecule has 1 N–H and O–H groups in total. The van der Waals surface area contributed by atoms with Crippen LogP contribution < -0.4 is 9.64 Å². The number of halogens is 1. The first-order valence-electron chi connectivity index (χ1n) is 6.10. The van der Waals surface area contributed by atoms with Crippen LogP contribution in [0, 0.1) is 3.57 Å². The van der Waals surface area contributed by atoms with Crippen molar-refractivity contribution >= 4 is 32.6 Å². The van der Waals surface area contributed by atoms with Gasteiger partial charge in [0.2, 0.25) is 10.0 Å². The van der Waals surface area contributed by atoms with Crippen LogP contribution in [-0.2, 0) is 10.0 Å². The number of hydrogen-bond acceptors (Lipinski definition) is 3. The van der Waals surface area contributed by atoms with E-state index in [4.69, 9.17) is 4.74 Å². The lowest BCUT2D eigenvalue weighted by molar-refractivity contribution is -0.883. The Morgan fingerprint density at radius 1 is 1.32 bits per heavy atom. The molecule has 1 saturated heterocycles. The topological polar surface area (TPSA) is 51.1 Å². The Labute approximate surface area is 127 Å². The van der Waals surface area contributed by atoms with E-state index >= 15 is 0 Å². The first kappa shape index (κ1) is 15.0. The molecule has 0 bridgehead atoms. The van der Waals surface area contributed by atoms with E-state index in [1.54, 1.807) is 29.6 Å². The lowest BCUT2D eigenvalue weighted by atomic mass is 10.3. The standard InChI is InChI=1S/C12H17IN2O3S/c1-14-5-7-15(8-6-14)19(16,17)10-3-4-12(18-2)11(13)9-10/h3-4,9H,5-8H2,1-2H3/p+1. The Kier molecular flexibility index (Phi) is 4.70. The molecule has 19 heavy (non-hydrogen) atoms. The Balaban J connectivity index is 2.27. The van der Waals surface area contributed by atoms with Gasteiger partial charge in [-0.1, -0.05) is 0 Å². The van der Waals surface area contributed by atoms with Gasteiger partial charge in [0.1, 0.15) is 5.75 Å². The number of rotatable bonds is 3. The molecule has 106 valence electrons. The molecule has 2 rings (SSSR count). The van der Waals surface area contributed by atoms with Gasteiger partial charge in [-0.25, -0.2) is 8.42 Å². The summed E-state index contributed by atoms with van der Waals surface area (Å²) in [6.45, 7) is 2.87. The summed E-state index contributed by atoms with van der Waals surface area (Å²) in [5.74, 6) is 0.697. The molecule has 1 heterocycles. The average molecular weight is 397 g/mol. The van der Waals surface area contributed by atoms with Crippen LogP contribution >= 0.6 is 22.6 Å². The Morgan fingerprint density at radius 3 is 2.47 bits per heavy atom. The Hall–Kier alpha value is -0.380. The van der Waals surface area contributed by atoms with Crippen molar-refractivity contribution in [1.82, 2.24) is 4.31 Å². The molecule has 0 spiro atoms. The van der Waals surface area contributed by atoms with Gasteiger partial charge in [-0.2, -0.15) is 4.31 Å². The van der Waals surface area contributed by atoms with Crippen LogP contribution in [0.1, 0.15) is 0 Å². The number of sulfonamides is 1. The summed E-state index contributed by atoms with van der Waals surface area (Å²) in [7, 11) is 0.289. The maximum atomic E-state index is 12.5. The zero-order chi connectivity index (χ0) is 14.0. The fourth-order valence-electron chi connectivity index (χ4n) is 2.06. The first-order chi connectivity index (χ1) is 8.95. The average Bonchev–Trinajstić information content (AvgIpc) is 2.39. The van der Waals surface area contributed by atoms with E-state index in [9.17, 15) is 8.42 Å². The highest BCUT2D eigenvalue weighted by Crippen LogP contribution is 2.25. The maximum Gasteiger partial charge on any atom is 0.243 e. The van der Waals surface area contributed by atoms with Crippen molar-refractivity contribution in [3.8, 4) is 5.75 Å². The summed E-state index contributed by atoms with van der Waals surface area (Å²) in [5, 5.41) is 0. The monoisotopic (exact) mass is 397 g/mol. The number of hydrogen-bond donors (Lipinski definition) is 1. The normalized spacial score (nSPS) is 18.5. The molecule has 0 amide bonds. The number of quaternary nitrogens is 1. The molecule has 1 fully saturated rings. The molecule has 0 saturated carbocycles. The summed E-state index contributed by atoms with van der Waals surface area (Å²) >= 11 is 2.09. The van der Waals surface area contributed by atoms with Gasteiger partial charge in [-0.3, -0.25) is 0 Å². The van der Waals surface area contributed by atoms with Crippen LogP contribution in [0.4, 0.5) is 0 Å². The van der Waals surface area contributed by atoms with Gasteiger partial charge in [-0.05, 0) is 40.8 Å². The van der Waals surface area contributed by atoms with Gasteiger partial charge in [-0.15, -0.1) is 0 Å². The second-order valence-corrected chi connectivity index (χ2v) is 7.76. The summed E-state index contributed by atoms with van der Waals surface area (Å²) in [6.07, 6.45) is 0. The van der Waals surface area contributed by atoms with Crippen LogP contribution in [-0.4, -0.2) is 53.1 Å². The molecule has 1 aromatic rings. The molecule has 0 radical (unpaired) electrons. The van der Waals surface area contributed by atoms with Gasteiger partial charge < -0.3 is 9.64 Å². The zero-order valence-electron chi connectivity index (χ0n) is 11.0. The van der Waals surface area contributed by atoms with Gasteiger partial charge in [0, 0.05) is 0 Å². The van der Waals surface area contributed by atoms with Crippen LogP contribution in [0.25, 0.3) is 0 Å². The maximum absolute atomic E-state index is 12.5. The molecular weight excluding hydrogens is 379 g/mol. The van der Waals surface area contributed by atoms with Gasteiger partial charge >= 0.3 is 0 Å². The summed E-state index contributed by atoms with van der Waals surface area (Å²) in [4.78, 5) is 1.72. The van der Waals surface area contributed by atoms with E-state index in [1.165, 1.54) is 4.90 Å². The number of ether oxygens (including phenoxy) is 1. The van der Waals surface area contributed by atoms with Crippen molar-refractivity contribution in [2.24, 2.45) is 0 Å². The molecule has 1 aliphatic heterocycles. The van der Waals surface area contributed by atoms with E-state index in [1.807, 2.05) is 0 Å². The second kappa shape index (κ2) is 5.94. The molecule has 1 aromatic carbocycles. The number of nitrogens with zero attached hydrogens (tertiary/aromatic N) is 1. The minimum atomic E-state index is -3.37. The number of benzene rings is 1. The van der Waals surface area contributed by atoms with E-state index in [2.05, 4.69) is 29.6 Å². The predicted molar refractivity (Wildman–Crippen MR) is 81.1 cm³/mol. The number of nitrogens with one attached hydrogen (secondary N) is 1.